The van der Waals surface area contributed by atoms with Crippen molar-refractivity contribution in [1.29, 1.82) is 0 Å². The number of hydrogen-bond acceptors (Lipinski definition) is 2. The largest absolute Gasteiger partial charge is 0.356 e. The average Bonchev–Trinajstić information content (AvgIpc) is 2.77. The Labute approximate surface area is 210 Å². The van der Waals surface area contributed by atoms with E-state index in [-0.39, 0.29) is 22.7 Å². The molecule has 0 heterocycles. The first-order chi connectivity index (χ1) is 15.8. The minimum Gasteiger partial charge on any atom is -0.356 e. The Bertz CT molecular complexity index is 1150. The van der Waals surface area contributed by atoms with Gasteiger partial charge in [0.25, 0.3) is 0 Å². The van der Waals surface area contributed by atoms with Crippen LogP contribution < -0.4 is 10.6 Å². The van der Waals surface area contributed by atoms with Crippen LogP contribution in [-0.2, 0) is 10.8 Å². The van der Waals surface area contributed by atoms with Gasteiger partial charge in [0, 0.05) is 16.8 Å². The van der Waals surface area contributed by atoms with Crippen molar-refractivity contribution in [1.82, 2.24) is 5.32 Å². The smallest absolute Gasteiger partial charge is 0.193 e. The molecular formula is C30H36N2OS. The second-order valence-corrected chi connectivity index (χ2v) is 11.3. The lowest BCUT2D eigenvalue weighted by molar-refractivity contribution is 0.103. The molecule has 34 heavy (non-hydrogen) atoms. The van der Waals surface area contributed by atoms with Crippen molar-refractivity contribution in [3.63, 3.8) is 0 Å². The number of benzene rings is 3. The Balaban J connectivity index is 1.65. The van der Waals surface area contributed by atoms with Crippen LogP contribution in [-0.4, -0.2) is 10.9 Å². The molecule has 0 aliphatic rings. The number of ketones is 1. The van der Waals surface area contributed by atoms with Gasteiger partial charge in [-0.3, -0.25) is 4.79 Å². The van der Waals surface area contributed by atoms with Crippen molar-refractivity contribution >= 4 is 28.8 Å². The van der Waals surface area contributed by atoms with Gasteiger partial charge in [-0.15, -0.1) is 0 Å². The van der Waals surface area contributed by atoms with E-state index in [4.69, 9.17) is 12.2 Å². The van der Waals surface area contributed by atoms with E-state index in [9.17, 15) is 4.79 Å². The summed E-state index contributed by atoms with van der Waals surface area (Å²) in [7, 11) is 0. The van der Waals surface area contributed by atoms with E-state index in [1.54, 1.807) is 0 Å². The highest BCUT2D eigenvalue weighted by Crippen LogP contribution is 2.25. The highest BCUT2D eigenvalue weighted by atomic mass is 32.1. The van der Waals surface area contributed by atoms with Gasteiger partial charge in [-0.05, 0) is 58.8 Å². The van der Waals surface area contributed by atoms with E-state index in [2.05, 4.69) is 83.4 Å². The molecule has 0 aliphatic heterocycles. The fraction of sp³-hybridized carbons (Fsp3) is 0.333. The lowest BCUT2D eigenvalue weighted by Crippen LogP contribution is -2.31. The van der Waals surface area contributed by atoms with Gasteiger partial charge >= 0.3 is 0 Å². The normalized spacial score (nSPS) is 12.7. The molecule has 0 unspecified atom stereocenters. The summed E-state index contributed by atoms with van der Waals surface area (Å²) in [6.45, 7) is 15.2. The van der Waals surface area contributed by atoms with Crippen LogP contribution in [0, 0.1) is 0 Å². The molecule has 0 aliphatic carbocycles. The van der Waals surface area contributed by atoms with Crippen molar-refractivity contribution in [3.8, 4) is 0 Å². The van der Waals surface area contributed by atoms with E-state index >= 15 is 0 Å². The molecule has 3 aromatic rings. The molecule has 0 amide bonds. The van der Waals surface area contributed by atoms with E-state index in [0.29, 0.717) is 16.2 Å². The Morgan fingerprint density at radius 3 is 1.82 bits per heavy atom. The Hall–Kier alpha value is -2.98. The van der Waals surface area contributed by atoms with Gasteiger partial charge in [0.15, 0.2) is 10.9 Å². The first kappa shape index (κ1) is 25.6. The molecule has 1 atom stereocenters. The van der Waals surface area contributed by atoms with Crippen molar-refractivity contribution in [3.05, 3.63) is 101 Å². The molecule has 0 spiro atoms. The second-order valence-electron chi connectivity index (χ2n) is 10.9. The van der Waals surface area contributed by atoms with Crippen LogP contribution in [0.5, 0.6) is 0 Å². The number of carbonyl (C=O) groups excluding carboxylic acids is 1. The zero-order valence-electron chi connectivity index (χ0n) is 21.3. The van der Waals surface area contributed by atoms with Crippen molar-refractivity contribution in [2.75, 3.05) is 5.32 Å². The number of hydrogen-bond donors (Lipinski definition) is 2. The molecule has 0 radical (unpaired) electrons. The predicted molar refractivity (Wildman–Crippen MR) is 148 cm³/mol. The van der Waals surface area contributed by atoms with Crippen LogP contribution >= 0.6 is 12.2 Å². The molecule has 0 bridgehead atoms. The Morgan fingerprint density at radius 2 is 1.29 bits per heavy atom. The maximum Gasteiger partial charge on any atom is 0.193 e. The third-order valence-corrected chi connectivity index (χ3v) is 6.24. The predicted octanol–water partition coefficient (Wildman–Crippen LogP) is 7.56. The van der Waals surface area contributed by atoms with Crippen molar-refractivity contribution < 1.29 is 4.79 Å². The van der Waals surface area contributed by atoms with Gasteiger partial charge < -0.3 is 10.6 Å². The Morgan fingerprint density at radius 1 is 0.765 bits per heavy atom. The van der Waals surface area contributed by atoms with Crippen LogP contribution in [0.15, 0.2) is 72.8 Å². The summed E-state index contributed by atoms with van der Waals surface area (Å²) in [5, 5.41) is 7.08. The second kappa shape index (κ2) is 10.1. The summed E-state index contributed by atoms with van der Waals surface area (Å²) in [4.78, 5) is 13.0. The third kappa shape index (κ3) is 6.54. The number of rotatable bonds is 5. The number of carbonyl (C=O) groups is 1. The minimum absolute atomic E-state index is 0.00436. The van der Waals surface area contributed by atoms with Gasteiger partial charge in [0.05, 0.1) is 6.04 Å². The molecule has 3 rings (SSSR count). The van der Waals surface area contributed by atoms with Crippen LogP contribution in [0.1, 0.15) is 87.1 Å². The lowest BCUT2D eigenvalue weighted by atomic mass is 9.86. The van der Waals surface area contributed by atoms with Crippen molar-refractivity contribution in [2.45, 2.75) is 65.3 Å². The van der Waals surface area contributed by atoms with Crippen molar-refractivity contribution in [2.24, 2.45) is 0 Å². The first-order valence-electron chi connectivity index (χ1n) is 11.8. The van der Waals surface area contributed by atoms with Crippen LogP contribution in [0.3, 0.4) is 0 Å². The molecule has 3 aromatic carbocycles. The Kier molecular flexibility index (Phi) is 7.62. The molecule has 0 saturated heterocycles. The quantitative estimate of drug-likeness (QED) is 0.297. The topological polar surface area (TPSA) is 41.1 Å². The summed E-state index contributed by atoms with van der Waals surface area (Å²) in [5.74, 6) is -0.00436. The molecule has 178 valence electrons. The molecular weight excluding hydrogens is 436 g/mol. The summed E-state index contributed by atoms with van der Waals surface area (Å²) in [6, 6.07) is 24.0. The van der Waals surface area contributed by atoms with E-state index in [0.717, 1.165) is 5.69 Å². The van der Waals surface area contributed by atoms with Gasteiger partial charge in [-0.2, -0.15) is 0 Å². The van der Waals surface area contributed by atoms with Gasteiger partial charge in [-0.25, -0.2) is 0 Å². The first-order valence-corrected chi connectivity index (χ1v) is 12.2. The fourth-order valence-corrected chi connectivity index (χ4v) is 4.04. The standard InChI is InChI=1S/C30H36N2OS/c1-20(21-11-15-24(16-12-21)29(2,3)4)31-28(34)32-26-10-8-9-23(19-26)27(33)22-13-17-25(18-14-22)30(5,6)7/h8-20H,1-7H3,(H2,31,32,34)/t20-/m0/s1. The maximum atomic E-state index is 13.0. The SMILES string of the molecule is C[C@H](NC(=S)Nc1cccc(C(=O)c2ccc(C(C)(C)C)cc2)c1)c1ccc(C(C)(C)C)cc1. The monoisotopic (exact) mass is 472 g/mol. The molecule has 0 aromatic heterocycles. The zero-order chi connectivity index (χ0) is 25.1. The van der Waals surface area contributed by atoms with Crippen LogP contribution in [0.2, 0.25) is 0 Å². The summed E-state index contributed by atoms with van der Waals surface area (Å²) < 4.78 is 0. The van der Waals surface area contributed by atoms with Crippen LogP contribution in [0.4, 0.5) is 5.69 Å². The van der Waals surface area contributed by atoms with Gasteiger partial charge in [0.2, 0.25) is 0 Å². The minimum atomic E-state index is -0.00436. The molecule has 0 saturated carbocycles. The summed E-state index contributed by atoms with van der Waals surface area (Å²) in [5.41, 5.74) is 5.95. The average molecular weight is 473 g/mol. The molecule has 0 fully saturated rings. The van der Waals surface area contributed by atoms with Gasteiger partial charge in [-0.1, -0.05) is 102 Å². The fourth-order valence-electron chi connectivity index (χ4n) is 3.75. The van der Waals surface area contributed by atoms with E-state index in [1.165, 1.54) is 16.7 Å². The molecule has 3 nitrogen and oxygen atoms in total. The number of nitrogens with one attached hydrogen (secondary N) is 2. The summed E-state index contributed by atoms with van der Waals surface area (Å²) >= 11 is 5.54. The molecule has 4 heteroatoms. The number of anilines is 1. The maximum absolute atomic E-state index is 13.0. The van der Waals surface area contributed by atoms with E-state index in [1.807, 2.05) is 48.5 Å². The van der Waals surface area contributed by atoms with Crippen LogP contribution in [0.25, 0.3) is 0 Å². The summed E-state index contributed by atoms with van der Waals surface area (Å²) in [6.07, 6.45) is 0. The zero-order valence-corrected chi connectivity index (χ0v) is 22.1. The lowest BCUT2D eigenvalue weighted by Gasteiger charge is -2.21. The molecule has 2 N–H and O–H groups in total. The van der Waals surface area contributed by atoms with Gasteiger partial charge in [0.1, 0.15) is 0 Å². The highest BCUT2D eigenvalue weighted by Gasteiger charge is 2.16. The highest BCUT2D eigenvalue weighted by molar-refractivity contribution is 7.80. The third-order valence-electron chi connectivity index (χ3n) is 6.02. The number of thiocarbonyl (C=S) groups is 1. The van der Waals surface area contributed by atoms with E-state index < -0.39 is 0 Å².